The van der Waals surface area contributed by atoms with E-state index in [9.17, 15) is 4.79 Å². The van der Waals surface area contributed by atoms with Crippen molar-refractivity contribution in [2.75, 3.05) is 5.73 Å². The third kappa shape index (κ3) is 2.17. The molecule has 4 heteroatoms. The molecule has 19 heavy (non-hydrogen) atoms. The van der Waals surface area contributed by atoms with Crippen LogP contribution in [0.2, 0.25) is 5.02 Å². The predicted octanol–water partition coefficient (Wildman–Crippen LogP) is 4.34. The molecule has 0 fully saturated rings. The predicted molar refractivity (Wildman–Crippen MR) is 81.2 cm³/mol. The van der Waals surface area contributed by atoms with Crippen LogP contribution in [0.5, 0.6) is 0 Å². The number of benzene rings is 1. The number of aldehydes is 1. The molecule has 3 rings (SSSR count). The molecule has 0 saturated heterocycles. The van der Waals surface area contributed by atoms with Gasteiger partial charge in [-0.15, -0.1) is 11.3 Å². The van der Waals surface area contributed by atoms with Crippen LogP contribution in [0, 0.1) is 0 Å². The Kier molecular flexibility index (Phi) is 3.33. The van der Waals surface area contributed by atoms with Gasteiger partial charge in [-0.3, -0.25) is 4.79 Å². The van der Waals surface area contributed by atoms with Gasteiger partial charge in [0.1, 0.15) is 0 Å². The van der Waals surface area contributed by atoms with Crippen molar-refractivity contribution in [2.24, 2.45) is 0 Å². The summed E-state index contributed by atoms with van der Waals surface area (Å²) in [7, 11) is 0. The van der Waals surface area contributed by atoms with E-state index in [4.69, 9.17) is 17.3 Å². The SMILES string of the molecule is Nc1sc2c(c1-c1cc(Cl)ccc1C=O)CCCC2. The van der Waals surface area contributed by atoms with E-state index in [0.717, 1.165) is 35.3 Å². The Morgan fingerprint density at radius 1 is 1.26 bits per heavy atom. The molecule has 1 heterocycles. The third-order valence-electron chi connectivity index (χ3n) is 3.61. The van der Waals surface area contributed by atoms with Crippen molar-refractivity contribution in [2.45, 2.75) is 25.7 Å². The number of nitrogens with two attached hydrogens (primary N) is 1. The van der Waals surface area contributed by atoms with Gasteiger partial charge in [-0.1, -0.05) is 11.6 Å². The normalized spacial score (nSPS) is 14.2. The van der Waals surface area contributed by atoms with Crippen molar-refractivity contribution in [3.8, 4) is 11.1 Å². The van der Waals surface area contributed by atoms with Crippen LogP contribution in [0.3, 0.4) is 0 Å². The first-order chi connectivity index (χ1) is 9.20. The highest BCUT2D eigenvalue weighted by Crippen LogP contribution is 2.43. The van der Waals surface area contributed by atoms with E-state index in [1.807, 2.05) is 6.07 Å². The molecule has 0 aliphatic heterocycles. The number of carbonyl (C=O) groups is 1. The van der Waals surface area contributed by atoms with Gasteiger partial charge in [0.05, 0.1) is 5.00 Å². The summed E-state index contributed by atoms with van der Waals surface area (Å²) in [6.07, 6.45) is 5.43. The van der Waals surface area contributed by atoms with Crippen LogP contribution in [-0.4, -0.2) is 6.29 Å². The number of nitrogen functional groups attached to an aromatic ring is 1. The molecule has 1 aliphatic carbocycles. The van der Waals surface area contributed by atoms with Gasteiger partial charge in [-0.25, -0.2) is 0 Å². The first-order valence-electron chi connectivity index (χ1n) is 6.36. The van der Waals surface area contributed by atoms with Crippen molar-refractivity contribution in [3.05, 3.63) is 39.2 Å². The van der Waals surface area contributed by atoms with E-state index in [-0.39, 0.29) is 0 Å². The average Bonchev–Trinajstić information content (AvgIpc) is 2.74. The number of aryl methyl sites for hydroxylation is 1. The van der Waals surface area contributed by atoms with Gasteiger partial charge in [-0.05, 0) is 55.0 Å². The monoisotopic (exact) mass is 291 g/mol. The maximum Gasteiger partial charge on any atom is 0.150 e. The topological polar surface area (TPSA) is 43.1 Å². The molecular formula is C15H14ClNOS. The van der Waals surface area contributed by atoms with Gasteiger partial charge < -0.3 is 5.73 Å². The first kappa shape index (κ1) is 12.7. The van der Waals surface area contributed by atoms with Crippen LogP contribution in [0.4, 0.5) is 5.00 Å². The molecule has 0 radical (unpaired) electrons. The van der Waals surface area contributed by atoms with Crippen LogP contribution in [-0.2, 0) is 12.8 Å². The van der Waals surface area contributed by atoms with Gasteiger partial charge >= 0.3 is 0 Å². The molecule has 1 aromatic carbocycles. The number of hydrogen-bond donors (Lipinski definition) is 1. The van der Waals surface area contributed by atoms with Crippen LogP contribution < -0.4 is 5.73 Å². The Balaban J connectivity index is 2.24. The van der Waals surface area contributed by atoms with E-state index in [2.05, 4.69) is 0 Å². The molecular weight excluding hydrogens is 278 g/mol. The number of halogens is 1. The van der Waals surface area contributed by atoms with Crippen molar-refractivity contribution >= 4 is 34.2 Å². The highest BCUT2D eigenvalue weighted by Gasteiger charge is 2.22. The number of thiophene rings is 1. The Labute approximate surface area is 121 Å². The molecule has 0 unspecified atom stereocenters. The van der Waals surface area contributed by atoms with Gasteiger partial charge in [0.15, 0.2) is 6.29 Å². The number of hydrogen-bond acceptors (Lipinski definition) is 3. The summed E-state index contributed by atoms with van der Waals surface area (Å²) in [5, 5.41) is 1.44. The molecule has 0 atom stereocenters. The van der Waals surface area contributed by atoms with E-state index >= 15 is 0 Å². The van der Waals surface area contributed by atoms with Gasteiger partial charge in [0, 0.05) is 21.0 Å². The van der Waals surface area contributed by atoms with Gasteiger partial charge in [-0.2, -0.15) is 0 Å². The second kappa shape index (κ2) is 4.99. The highest BCUT2D eigenvalue weighted by molar-refractivity contribution is 7.16. The zero-order chi connectivity index (χ0) is 13.4. The molecule has 2 N–H and O–H groups in total. The standard InChI is InChI=1S/C15H14ClNOS/c16-10-6-5-9(8-18)12(7-10)14-11-3-1-2-4-13(11)19-15(14)17/h5-8H,1-4,17H2. The summed E-state index contributed by atoms with van der Waals surface area (Å²) in [6.45, 7) is 0. The van der Waals surface area contributed by atoms with Crippen molar-refractivity contribution in [3.63, 3.8) is 0 Å². The molecule has 98 valence electrons. The molecule has 0 bridgehead atoms. The van der Waals surface area contributed by atoms with E-state index in [1.165, 1.54) is 23.3 Å². The lowest BCUT2D eigenvalue weighted by Crippen LogP contribution is -2.01. The number of fused-ring (bicyclic) bond motifs is 1. The maximum absolute atomic E-state index is 11.2. The highest BCUT2D eigenvalue weighted by atomic mass is 35.5. The maximum atomic E-state index is 11.2. The van der Waals surface area contributed by atoms with E-state index in [0.29, 0.717) is 10.6 Å². The van der Waals surface area contributed by atoms with Crippen LogP contribution in [0.1, 0.15) is 33.6 Å². The van der Waals surface area contributed by atoms with Crippen LogP contribution >= 0.6 is 22.9 Å². The van der Waals surface area contributed by atoms with Crippen molar-refractivity contribution in [1.29, 1.82) is 0 Å². The minimum absolute atomic E-state index is 0.635. The van der Waals surface area contributed by atoms with Crippen LogP contribution in [0.25, 0.3) is 11.1 Å². The minimum Gasteiger partial charge on any atom is -0.390 e. The van der Waals surface area contributed by atoms with Gasteiger partial charge in [0.25, 0.3) is 0 Å². The largest absolute Gasteiger partial charge is 0.390 e. The zero-order valence-electron chi connectivity index (χ0n) is 10.4. The quantitative estimate of drug-likeness (QED) is 0.836. The third-order valence-corrected chi connectivity index (χ3v) is 4.97. The molecule has 1 aliphatic rings. The molecule has 0 saturated carbocycles. The summed E-state index contributed by atoms with van der Waals surface area (Å²) in [6, 6.07) is 5.35. The summed E-state index contributed by atoms with van der Waals surface area (Å²) >= 11 is 7.73. The fourth-order valence-corrected chi connectivity index (χ4v) is 4.08. The lowest BCUT2D eigenvalue weighted by Gasteiger charge is -2.14. The smallest absolute Gasteiger partial charge is 0.150 e. The molecule has 0 amide bonds. The van der Waals surface area contributed by atoms with Crippen LogP contribution in [0.15, 0.2) is 18.2 Å². The summed E-state index contributed by atoms with van der Waals surface area (Å²) < 4.78 is 0. The second-order valence-electron chi connectivity index (χ2n) is 4.80. The fourth-order valence-electron chi connectivity index (χ4n) is 2.73. The zero-order valence-corrected chi connectivity index (χ0v) is 12.0. The Morgan fingerprint density at radius 3 is 2.84 bits per heavy atom. The lowest BCUT2D eigenvalue weighted by molar-refractivity contribution is 0.112. The van der Waals surface area contributed by atoms with E-state index < -0.39 is 0 Å². The fraction of sp³-hybridized carbons (Fsp3) is 0.267. The van der Waals surface area contributed by atoms with E-state index in [1.54, 1.807) is 23.5 Å². The Bertz CT molecular complexity index is 648. The second-order valence-corrected chi connectivity index (χ2v) is 6.37. The molecule has 2 aromatic rings. The van der Waals surface area contributed by atoms with Gasteiger partial charge in [0.2, 0.25) is 0 Å². The number of anilines is 1. The number of rotatable bonds is 2. The minimum atomic E-state index is 0.635. The summed E-state index contributed by atoms with van der Waals surface area (Å²) in [5.74, 6) is 0. The Hall–Kier alpha value is -1.32. The van der Waals surface area contributed by atoms with Crippen molar-refractivity contribution in [1.82, 2.24) is 0 Å². The Morgan fingerprint density at radius 2 is 2.05 bits per heavy atom. The van der Waals surface area contributed by atoms with Crippen molar-refractivity contribution < 1.29 is 4.79 Å². The summed E-state index contributed by atoms with van der Waals surface area (Å²) in [5.41, 5.74) is 10.1. The lowest BCUT2D eigenvalue weighted by atomic mass is 9.90. The molecule has 0 spiro atoms. The first-order valence-corrected chi connectivity index (χ1v) is 7.55. The molecule has 2 nitrogen and oxygen atoms in total. The number of carbonyl (C=O) groups excluding carboxylic acids is 1. The molecule has 1 aromatic heterocycles. The summed E-state index contributed by atoms with van der Waals surface area (Å²) in [4.78, 5) is 12.6. The average molecular weight is 292 g/mol.